The topological polar surface area (TPSA) is 68.4 Å². The number of para-hydroxylation sites is 1. The van der Waals surface area contributed by atoms with Crippen LogP contribution in [0, 0.1) is 0 Å². The van der Waals surface area contributed by atoms with Gasteiger partial charge in [0.05, 0.1) is 18.3 Å². The number of nitrogens with zero attached hydrogens (tertiary/aromatic N) is 2. The molecule has 1 atom stereocenters. The molecule has 0 spiro atoms. The highest BCUT2D eigenvalue weighted by Gasteiger charge is 2.15. The first-order chi connectivity index (χ1) is 11.8. The SMILES string of the molecule is CCOc1ccccc1-c1nnc(SCC(O)c2ccccc2)o1. The molecule has 0 fully saturated rings. The lowest BCUT2D eigenvalue weighted by molar-refractivity contribution is 0.203. The second-order valence-electron chi connectivity index (χ2n) is 5.04. The van der Waals surface area contributed by atoms with E-state index in [0.29, 0.717) is 29.2 Å². The molecule has 0 amide bonds. The maximum absolute atomic E-state index is 10.2. The number of ether oxygens (including phenoxy) is 1. The summed E-state index contributed by atoms with van der Waals surface area (Å²) in [5, 5.41) is 18.7. The van der Waals surface area contributed by atoms with Crippen LogP contribution in [0.4, 0.5) is 0 Å². The Morgan fingerprint density at radius 1 is 1.08 bits per heavy atom. The molecule has 0 bridgehead atoms. The second kappa shape index (κ2) is 7.99. The van der Waals surface area contributed by atoms with Gasteiger partial charge in [0.2, 0.25) is 0 Å². The van der Waals surface area contributed by atoms with Gasteiger partial charge in [0.15, 0.2) is 0 Å². The summed E-state index contributed by atoms with van der Waals surface area (Å²) < 4.78 is 11.3. The lowest BCUT2D eigenvalue weighted by atomic mass is 10.1. The summed E-state index contributed by atoms with van der Waals surface area (Å²) >= 11 is 1.33. The van der Waals surface area contributed by atoms with Gasteiger partial charge in [0.25, 0.3) is 11.1 Å². The zero-order valence-electron chi connectivity index (χ0n) is 13.3. The predicted octanol–water partition coefficient (Wildman–Crippen LogP) is 3.96. The van der Waals surface area contributed by atoms with E-state index < -0.39 is 6.10 Å². The number of aliphatic hydroxyl groups is 1. The molecule has 24 heavy (non-hydrogen) atoms. The Morgan fingerprint density at radius 3 is 2.62 bits per heavy atom. The fourth-order valence-electron chi connectivity index (χ4n) is 2.22. The van der Waals surface area contributed by atoms with Gasteiger partial charge in [0.1, 0.15) is 5.75 Å². The highest BCUT2D eigenvalue weighted by Crippen LogP contribution is 2.31. The molecular weight excluding hydrogens is 324 g/mol. The van der Waals surface area contributed by atoms with Crippen LogP contribution in [0.3, 0.4) is 0 Å². The summed E-state index contributed by atoms with van der Waals surface area (Å²) in [7, 11) is 0. The number of hydrogen-bond acceptors (Lipinski definition) is 6. The molecule has 1 N–H and O–H groups in total. The highest BCUT2D eigenvalue weighted by molar-refractivity contribution is 7.99. The standard InChI is InChI=1S/C18H18N2O3S/c1-2-22-16-11-7-6-10-14(16)17-19-20-18(23-17)24-12-15(21)13-8-4-3-5-9-13/h3-11,15,21H,2,12H2,1H3. The normalized spacial score (nSPS) is 12.1. The summed E-state index contributed by atoms with van der Waals surface area (Å²) in [5.74, 6) is 1.57. The molecule has 0 aliphatic heterocycles. The number of rotatable bonds is 7. The minimum atomic E-state index is -0.581. The van der Waals surface area contributed by atoms with E-state index in [2.05, 4.69) is 10.2 Å². The monoisotopic (exact) mass is 342 g/mol. The maximum atomic E-state index is 10.2. The van der Waals surface area contributed by atoms with E-state index >= 15 is 0 Å². The second-order valence-corrected chi connectivity index (χ2v) is 6.01. The summed E-state index contributed by atoms with van der Waals surface area (Å²) in [5.41, 5.74) is 1.63. The van der Waals surface area contributed by atoms with E-state index in [0.717, 1.165) is 11.1 Å². The molecule has 1 heterocycles. The molecule has 6 heteroatoms. The summed E-state index contributed by atoms with van der Waals surface area (Å²) in [4.78, 5) is 0. The Morgan fingerprint density at radius 2 is 1.83 bits per heavy atom. The average molecular weight is 342 g/mol. The molecule has 124 valence electrons. The smallest absolute Gasteiger partial charge is 0.276 e. The number of thioether (sulfide) groups is 1. The molecule has 0 aliphatic rings. The number of aromatic nitrogens is 2. The van der Waals surface area contributed by atoms with Crippen molar-refractivity contribution in [3.05, 3.63) is 60.2 Å². The van der Waals surface area contributed by atoms with Crippen LogP contribution in [-0.2, 0) is 0 Å². The van der Waals surface area contributed by atoms with Crippen molar-refractivity contribution < 1.29 is 14.3 Å². The number of hydrogen-bond donors (Lipinski definition) is 1. The van der Waals surface area contributed by atoms with E-state index in [-0.39, 0.29) is 0 Å². The molecule has 0 saturated heterocycles. The third-order valence-electron chi connectivity index (χ3n) is 3.37. The first kappa shape index (κ1) is 16.5. The average Bonchev–Trinajstić information content (AvgIpc) is 3.10. The van der Waals surface area contributed by atoms with Gasteiger partial charge in [-0.3, -0.25) is 0 Å². The van der Waals surface area contributed by atoms with Crippen LogP contribution in [0.1, 0.15) is 18.6 Å². The van der Waals surface area contributed by atoms with Crippen molar-refractivity contribution in [2.24, 2.45) is 0 Å². The van der Waals surface area contributed by atoms with Crippen LogP contribution in [0.15, 0.2) is 64.2 Å². The van der Waals surface area contributed by atoms with Crippen LogP contribution in [0.5, 0.6) is 5.75 Å². The Kier molecular flexibility index (Phi) is 5.51. The van der Waals surface area contributed by atoms with Gasteiger partial charge in [-0.1, -0.05) is 54.2 Å². The maximum Gasteiger partial charge on any atom is 0.276 e. The Labute approximate surface area is 144 Å². The fourth-order valence-corrected chi connectivity index (χ4v) is 2.95. The summed E-state index contributed by atoms with van der Waals surface area (Å²) in [6, 6.07) is 17.1. The highest BCUT2D eigenvalue weighted by atomic mass is 32.2. The molecule has 0 saturated carbocycles. The minimum absolute atomic E-state index is 0.413. The van der Waals surface area contributed by atoms with Gasteiger partial charge in [-0.15, -0.1) is 10.2 Å². The van der Waals surface area contributed by atoms with Crippen molar-refractivity contribution in [1.82, 2.24) is 10.2 Å². The molecular formula is C18H18N2O3S. The van der Waals surface area contributed by atoms with Gasteiger partial charge < -0.3 is 14.3 Å². The molecule has 3 aromatic rings. The summed E-state index contributed by atoms with van der Waals surface area (Å²) in [6.07, 6.45) is -0.581. The largest absolute Gasteiger partial charge is 0.493 e. The van der Waals surface area contributed by atoms with Crippen molar-refractivity contribution in [2.45, 2.75) is 18.3 Å². The van der Waals surface area contributed by atoms with Crippen LogP contribution in [0.25, 0.3) is 11.5 Å². The molecule has 1 aromatic heterocycles. The molecule has 1 unspecified atom stereocenters. The molecule has 3 rings (SSSR count). The lowest BCUT2D eigenvalue weighted by Crippen LogP contribution is -1.99. The van der Waals surface area contributed by atoms with Gasteiger partial charge in [-0.2, -0.15) is 0 Å². The Hall–Kier alpha value is -2.31. The number of benzene rings is 2. The Balaban J connectivity index is 1.68. The molecule has 5 nitrogen and oxygen atoms in total. The van der Waals surface area contributed by atoms with Crippen molar-refractivity contribution in [1.29, 1.82) is 0 Å². The van der Waals surface area contributed by atoms with Crippen LogP contribution >= 0.6 is 11.8 Å². The van der Waals surface area contributed by atoms with E-state index in [4.69, 9.17) is 9.15 Å². The third kappa shape index (κ3) is 3.96. The van der Waals surface area contributed by atoms with Gasteiger partial charge in [-0.25, -0.2) is 0 Å². The van der Waals surface area contributed by atoms with Crippen molar-refractivity contribution in [3.8, 4) is 17.2 Å². The molecule has 0 radical (unpaired) electrons. The van der Waals surface area contributed by atoms with Crippen LogP contribution < -0.4 is 4.74 Å². The van der Waals surface area contributed by atoms with Crippen molar-refractivity contribution >= 4 is 11.8 Å². The van der Waals surface area contributed by atoms with Gasteiger partial charge >= 0.3 is 0 Å². The van der Waals surface area contributed by atoms with E-state index in [1.165, 1.54) is 11.8 Å². The van der Waals surface area contributed by atoms with Gasteiger partial charge in [-0.05, 0) is 24.6 Å². The summed E-state index contributed by atoms with van der Waals surface area (Å²) in [6.45, 7) is 2.49. The van der Waals surface area contributed by atoms with Crippen molar-refractivity contribution in [2.75, 3.05) is 12.4 Å². The first-order valence-electron chi connectivity index (χ1n) is 7.69. The quantitative estimate of drug-likeness (QED) is 0.656. The lowest BCUT2D eigenvalue weighted by Gasteiger charge is -2.08. The zero-order chi connectivity index (χ0) is 16.8. The predicted molar refractivity (Wildman–Crippen MR) is 93.0 cm³/mol. The molecule has 2 aromatic carbocycles. The van der Waals surface area contributed by atoms with Crippen LogP contribution in [0.2, 0.25) is 0 Å². The van der Waals surface area contributed by atoms with E-state index in [1.807, 2.05) is 61.5 Å². The van der Waals surface area contributed by atoms with Crippen LogP contribution in [-0.4, -0.2) is 27.7 Å². The fraction of sp³-hybridized carbons (Fsp3) is 0.222. The van der Waals surface area contributed by atoms with Crippen molar-refractivity contribution in [3.63, 3.8) is 0 Å². The molecule has 0 aliphatic carbocycles. The third-order valence-corrected chi connectivity index (χ3v) is 4.27. The van der Waals surface area contributed by atoms with E-state index in [1.54, 1.807) is 0 Å². The zero-order valence-corrected chi connectivity index (χ0v) is 14.1. The number of aliphatic hydroxyl groups excluding tert-OH is 1. The van der Waals surface area contributed by atoms with E-state index in [9.17, 15) is 5.11 Å². The van der Waals surface area contributed by atoms with Gasteiger partial charge in [0, 0.05) is 5.75 Å². The Bertz CT molecular complexity index is 777. The first-order valence-corrected chi connectivity index (χ1v) is 8.68. The minimum Gasteiger partial charge on any atom is -0.493 e.